The van der Waals surface area contributed by atoms with E-state index in [1.54, 1.807) is 12.1 Å². The molecule has 0 saturated heterocycles. The summed E-state index contributed by atoms with van der Waals surface area (Å²) < 4.78 is 5.73. The predicted octanol–water partition coefficient (Wildman–Crippen LogP) is 3.60. The van der Waals surface area contributed by atoms with Gasteiger partial charge in [0.1, 0.15) is 18.5 Å². The zero-order valence-electron chi connectivity index (χ0n) is 13.5. The van der Waals surface area contributed by atoms with Gasteiger partial charge in [-0.15, -0.1) is 0 Å². The van der Waals surface area contributed by atoms with Gasteiger partial charge in [0.05, 0.1) is 4.92 Å². The largest absolute Gasteiger partial charge is 0.490 e. The monoisotopic (exact) mass is 338 g/mol. The molecule has 0 bridgehead atoms. The Kier molecular flexibility index (Phi) is 5.11. The number of non-ortho nitro benzene ring substituents is 1. The molecule has 1 atom stereocenters. The first-order valence-electron chi connectivity index (χ1n) is 7.90. The van der Waals surface area contributed by atoms with E-state index >= 15 is 0 Å². The van der Waals surface area contributed by atoms with E-state index in [1.807, 2.05) is 42.5 Å². The van der Waals surface area contributed by atoms with Crippen LogP contribution in [0.5, 0.6) is 5.75 Å². The van der Waals surface area contributed by atoms with Crippen LogP contribution in [0.1, 0.15) is 0 Å². The van der Waals surface area contributed by atoms with E-state index in [0.717, 1.165) is 10.8 Å². The van der Waals surface area contributed by atoms with Crippen molar-refractivity contribution < 1.29 is 14.8 Å². The van der Waals surface area contributed by atoms with Crippen molar-refractivity contribution in [3.63, 3.8) is 0 Å². The van der Waals surface area contributed by atoms with Gasteiger partial charge in [0, 0.05) is 29.8 Å². The summed E-state index contributed by atoms with van der Waals surface area (Å²) in [6, 6.07) is 19.8. The number of nitrogens with zero attached hydrogens (tertiary/aromatic N) is 1. The molecule has 25 heavy (non-hydrogen) atoms. The van der Waals surface area contributed by atoms with Gasteiger partial charge in [0.15, 0.2) is 0 Å². The zero-order valence-corrected chi connectivity index (χ0v) is 13.5. The maximum atomic E-state index is 10.8. The lowest BCUT2D eigenvalue weighted by molar-refractivity contribution is -0.384. The molecule has 3 rings (SSSR count). The maximum absolute atomic E-state index is 10.8. The molecule has 0 fully saturated rings. The highest BCUT2D eigenvalue weighted by molar-refractivity contribution is 5.88. The van der Waals surface area contributed by atoms with Crippen LogP contribution in [0.15, 0.2) is 66.7 Å². The van der Waals surface area contributed by atoms with Gasteiger partial charge < -0.3 is 15.2 Å². The molecule has 0 aromatic heterocycles. The topological polar surface area (TPSA) is 84.6 Å². The fraction of sp³-hybridized carbons (Fsp3) is 0.158. The van der Waals surface area contributed by atoms with Crippen LogP contribution in [-0.4, -0.2) is 29.3 Å². The smallest absolute Gasteiger partial charge is 0.271 e. The SMILES string of the molecule is O=[N+]([O-])c1cccc(NCC(O)COc2cccc3ccccc23)c1. The molecule has 0 aliphatic rings. The average molecular weight is 338 g/mol. The Hall–Kier alpha value is -3.12. The van der Waals surface area contributed by atoms with Crippen molar-refractivity contribution in [2.45, 2.75) is 6.10 Å². The first-order valence-corrected chi connectivity index (χ1v) is 7.90. The van der Waals surface area contributed by atoms with Crippen LogP contribution < -0.4 is 10.1 Å². The summed E-state index contributed by atoms with van der Waals surface area (Å²) in [5, 5.41) is 25.9. The van der Waals surface area contributed by atoms with Gasteiger partial charge in [-0.3, -0.25) is 10.1 Å². The van der Waals surface area contributed by atoms with Crippen molar-refractivity contribution >= 4 is 22.1 Å². The number of benzene rings is 3. The molecule has 0 aliphatic heterocycles. The minimum atomic E-state index is -0.752. The highest BCUT2D eigenvalue weighted by Gasteiger charge is 2.09. The Balaban J connectivity index is 1.57. The third-order valence-electron chi connectivity index (χ3n) is 3.78. The molecule has 0 saturated carbocycles. The second-order valence-electron chi connectivity index (χ2n) is 5.63. The number of fused-ring (bicyclic) bond motifs is 1. The fourth-order valence-electron chi connectivity index (χ4n) is 2.53. The number of aliphatic hydroxyl groups is 1. The lowest BCUT2D eigenvalue weighted by Gasteiger charge is -2.15. The summed E-state index contributed by atoms with van der Waals surface area (Å²) in [6.07, 6.45) is -0.752. The van der Waals surface area contributed by atoms with Gasteiger partial charge >= 0.3 is 0 Å². The van der Waals surface area contributed by atoms with Crippen molar-refractivity contribution in [3.05, 3.63) is 76.8 Å². The van der Waals surface area contributed by atoms with Crippen LogP contribution in [0.3, 0.4) is 0 Å². The van der Waals surface area contributed by atoms with Gasteiger partial charge in [-0.1, -0.05) is 42.5 Å². The molecule has 6 nitrogen and oxygen atoms in total. The average Bonchev–Trinajstić information content (AvgIpc) is 2.65. The number of rotatable bonds is 7. The number of aliphatic hydroxyl groups excluding tert-OH is 1. The lowest BCUT2D eigenvalue weighted by Crippen LogP contribution is -2.26. The van der Waals surface area contributed by atoms with Gasteiger partial charge in [-0.05, 0) is 17.5 Å². The molecule has 0 spiro atoms. The molecule has 128 valence electrons. The van der Waals surface area contributed by atoms with Crippen LogP contribution in [0, 0.1) is 10.1 Å². The first-order chi connectivity index (χ1) is 12.1. The third kappa shape index (κ3) is 4.24. The van der Waals surface area contributed by atoms with Gasteiger partial charge in [-0.25, -0.2) is 0 Å². The number of nitrogens with one attached hydrogen (secondary N) is 1. The van der Waals surface area contributed by atoms with E-state index in [2.05, 4.69) is 5.32 Å². The van der Waals surface area contributed by atoms with Crippen molar-refractivity contribution in [1.82, 2.24) is 0 Å². The Morgan fingerprint density at radius 2 is 1.84 bits per heavy atom. The standard InChI is InChI=1S/C19H18N2O4/c22-17(12-20-15-7-4-8-16(11-15)21(23)24)13-25-19-10-3-6-14-5-1-2-9-18(14)19/h1-11,17,20,22H,12-13H2. The Morgan fingerprint density at radius 3 is 2.68 bits per heavy atom. The minimum Gasteiger partial charge on any atom is -0.490 e. The second-order valence-corrected chi connectivity index (χ2v) is 5.63. The number of anilines is 1. The minimum absolute atomic E-state index is 0.00601. The lowest BCUT2D eigenvalue weighted by atomic mass is 10.1. The van der Waals surface area contributed by atoms with Crippen molar-refractivity contribution in [1.29, 1.82) is 0 Å². The van der Waals surface area contributed by atoms with Crippen LogP contribution in [0.2, 0.25) is 0 Å². The Bertz CT molecular complexity index is 877. The van der Waals surface area contributed by atoms with Crippen LogP contribution in [-0.2, 0) is 0 Å². The normalized spacial score (nSPS) is 11.9. The second kappa shape index (κ2) is 7.63. The zero-order chi connectivity index (χ0) is 17.6. The number of nitro benzene ring substituents is 1. The summed E-state index contributed by atoms with van der Waals surface area (Å²) in [6.45, 7) is 0.349. The summed E-state index contributed by atoms with van der Waals surface area (Å²) in [5.74, 6) is 0.715. The molecule has 3 aromatic carbocycles. The van der Waals surface area contributed by atoms with Crippen molar-refractivity contribution in [2.75, 3.05) is 18.5 Å². The number of ether oxygens (including phenoxy) is 1. The molecule has 2 N–H and O–H groups in total. The third-order valence-corrected chi connectivity index (χ3v) is 3.78. The molecule has 0 amide bonds. The van der Waals surface area contributed by atoms with E-state index in [1.165, 1.54) is 12.1 Å². The molecule has 1 unspecified atom stereocenters. The molecule has 0 heterocycles. The van der Waals surface area contributed by atoms with E-state index in [9.17, 15) is 15.2 Å². The quantitative estimate of drug-likeness (QED) is 0.508. The molecule has 3 aromatic rings. The molecule has 0 aliphatic carbocycles. The Morgan fingerprint density at radius 1 is 1.08 bits per heavy atom. The predicted molar refractivity (Wildman–Crippen MR) is 97.0 cm³/mol. The summed E-state index contributed by atoms with van der Waals surface area (Å²) >= 11 is 0. The van der Waals surface area contributed by atoms with E-state index < -0.39 is 11.0 Å². The fourth-order valence-corrected chi connectivity index (χ4v) is 2.53. The molecule has 0 radical (unpaired) electrons. The van der Waals surface area contributed by atoms with Crippen LogP contribution in [0.4, 0.5) is 11.4 Å². The van der Waals surface area contributed by atoms with Gasteiger partial charge in [-0.2, -0.15) is 0 Å². The number of hydrogen-bond donors (Lipinski definition) is 2. The molecular weight excluding hydrogens is 320 g/mol. The van der Waals surface area contributed by atoms with Crippen molar-refractivity contribution in [3.8, 4) is 5.75 Å². The summed E-state index contributed by atoms with van der Waals surface area (Å²) in [5.41, 5.74) is 0.588. The summed E-state index contributed by atoms with van der Waals surface area (Å²) in [7, 11) is 0. The number of nitro groups is 1. The molecule has 6 heteroatoms. The highest BCUT2D eigenvalue weighted by atomic mass is 16.6. The van der Waals surface area contributed by atoms with Gasteiger partial charge in [0.25, 0.3) is 5.69 Å². The van der Waals surface area contributed by atoms with Crippen LogP contribution in [0.25, 0.3) is 10.8 Å². The van der Waals surface area contributed by atoms with Crippen LogP contribution >= 0.6 is 0 Å². The van der Waals surface area contributed by atoms with E-state index in [-0.39, 0.29) is 18.8 Å². The highest BCUT2D eigenvalue weighted by Crippen LogP contribution is 2.25. The van der Waals surface area contributed by atoms with Crippen molar-refractivity contribution in [2.24, 2.45) is 0 Å². The Labute approximate surface area is 144 Å². The maximum Gasteiger partial charge on any atom is 0.271 e. The first kappa shape index (κ1) is 16.7. The summed E-state index contributed by atoms with van der Waals surface area (Å²) in [4.78, 5) is 10.3. The van der Waals surface area contributed by atoms with E-state index in [0.29, 0.717) is 11.4 Å². The van der Waals surface area contributed by atoms with E-state index in [4.69, 9.17) is 4.74 Å². The van der Waals surface area contributed by atoms with Gasteiger partial charge in [0.2, 0.25) is 0 Å². The molecular formula is C19H18N2O4. The number of hydrogen-bond acceptors (Lipinski definition) is 5.